The van der Waals surface area contributed by atoms with Crippen molar-refractivity contribution in [3.63, 3.8) is 0 Å². The van der Waals surface area contributed by atoms with Gasteiger partial charge in [0.25, 0.3) is 0 Å². The molecule has 4 atom stereocenters. The Morgan fingerprint density at radius 2 is 1.92 bits per heavy atom. The maximum Gasteiger partial charge on any atom is 0.182 e. The van der Waals surface area contributed by atoms with Crippen LogP contribution in [-0.4, -0.2) is 53.7 Å². The molecule has 12 heavy (non-hydrogen) atoms. The smallest absolute Gasteiger partial charge is 0.182 e. The molecule has 0 amide bonds. The zero-order valence-electron chi connectivity index (χ0n) is 7.77. The highest BCUT2D eigenvalue weighted by molar-refractivity contribution is 4.84. The average molecular weight is 175 g/mol. The van der Waals surface area contributed by atoms with Crippen molar-refractivity contribution in [2.24, 2.45) is 0 Å². The van der Waals surface area contributed by atoms with Gasteiger partial charge in [0.15, 0.2) is 6.29 Å². The normalized spacial score (nSPS) is 43.5. The van der Waals surface area contributed by atoms with Crippen molar-refractivity contribution in [1.29, 1.82) is 0 Å². The van der Waals surface area contributed by atoms with Crippen LogP contribution in [-0.2, 0) is 4.74 Å². The van der Waals surface area contributed by atoms with Crippen molar-refractivity contribution in [1.82, 2.24) is 4.90 Å². The molecule has 4 nitrogen and oxygen atoms in total. The zero-order chi connectivity index (χ0) is 9.30. The van der Waals surface area contributed by atoms with Gasteiger partial charge in [0, 0.05) is 6.04 Å². The lowest BCUT2D eigenvalue weighted by Gasteiger charge is -2.38. The second-order valence-corrected chi connectivity index (χ2v) is 3.59. The molecule has 0 aromatic rings. The van der Waals surface area contributed by atoms with Crippen molar-refractivity contribution in [2.45, 2.75) is 37.9 Å². The summed E-state index contributed by atoms with van der Waals surface area (Å²) in [5, 5.41) is 18.8. The monoisotopic (exact) mass is 175 g/mol. The third kappa shape index (κ3) is 1.95. The van der Waals surface area contributed by atoms with E-state index in [0.717, 1.165) is 6.42 Å². The van der Waals surface area contributed by atoms with E-state index in [2.05, 4.69) is 0 Å². The minimum Gasteiger partial charge on any atom is -0.386 e. The maximum absolute atomic E-state index is 9.51. The van der Waals surface area contributed by atoms with Crippen molar-refractivity contribution in [3.05, 3.63) is 0 Å². The summed E-state index contributed by atoms with van der Waals surface area (Å²) in [6.45, 7) is 1.89. The standard InChI is InChI=1S/C8H17NO3/c1-5-4-6(9(2)3)7(10)8(11)12-5/h5-8,10-11H,4H2,1-3H3/t5?,6?,7-,8?/m0/s1. The van der Waals surface area contributed by atoms with Crippen LogP contribution < -0.4 is 0 Å². The Balaban J connectivity index is 2.60. The molecule has 0 aliphatic carbocycles. The minimum atomic E-state index is -1.04. The third-order valence-corrected chi connectivity index (χ3v) is 2.29. The molecule has 0 bridgehead atoms. The van der Waals surface area contributed by atoms with Crippen LogP contribution in [0.5, 0.6) is 0 Å². The first kappa shape index (κ1) is 9.92. The summed E-state index contributed by atoms with van der Waals surface area (Å²) in [6.07, 6.45) is -1.07. The van der Waals surface area contributed by atoms with Crippen LogP contribution in [0, 0.1) is 0 Å². The number of hydrogen-bond donors (Lipinski definition) is 2. The highest BCUT2D eigenvalue weighted by Gasteiger charge is 2.35. The molecule has 1 heterocycles. The molecule has 4 heteroatoms. The molecular formula is C8H17NO3. The van der Waals surface area contributed by atoms with Crippen molar-refractivity contribution in [2.75, 3.05) is 14.1 Å². The van der Waals surface area contributed by atoms with Crippen LogP contribution in [0.1, 0.15) is 13.3 Å². The highest BCUT2D eigenvalue weighted by atomic mass is 16.6. The Kier molecular flexibility index (Phi) is 3.06. The number of aliphatic hydroxyl groups is 2. The number of aliphatic hydroxyl groups excluding tert-OH is 2. The van der Waals surface area contributed by atoms with E-state index in [-0.39, 0.29) is 12.1 Å². The van der Waals surface area contributed by atoms with Gasteiger partial charge in [0.05, 0.1) is 6.10 Å². The molecule has 1 saturated heterocycles. The van der Waals surface area contributed by atoms with Gasteiger partial charge in [-0.1, -0.05) is 0 Å². The fourth-order valence-electron chi connectivity index (χ4n) is 1.56. The summed E-state index contributed by atoms with van der Waals surface area (Å²) in [5.74, 6) is 0. The lowest BCUT2D eigenvalue weighted by molar-refractivity contribution is -0.230. The maximum atomic E-state index is 9.51. The second kappa shape index (κ2) is 3.70. The molecule has 0 aromatic heterocycles. The molecule has 0 spiro atoms. The van der Waals surface area contributed by atoms with Gasteiger partial charge in [0.2, 0.25) is 0 Å². The molecule has 2 N–H and O–H groups in total. The Morgan fingerprint density at radius 3 is 2.42 bits per heavy atom. The van der Waals surface area contributed by atoms with Crippen molar-refractivity contribution >= 4 is 0 Å². The first-order valence-corrected chi connectivity index (χ1v) is 4.20. The predicted molar refractivity (Wildman–Crippen MR) is 44.7 cm³/mol. The summed E-state index contributed by atoms with van der Waals surface area (Å²) in [7, 11) is 3.78. The van der Waals surface area contributed by atoms with Gasteiger partial charge in [-0.15, -0.1) is 0 Å². The Labute approximate surface area is 72.7 Å². The fraction of sp³-hybridized carbons (Fsp3) is 1.00. The third-order valence-electron chi connectivity index (χ3n) is 2.29. The van der Waals surface area contributed by atoms with Gasteiger partial charge in [0.1, 0.15) is 6.10 Å². The van der Waals surface area contributed by atoms with Crippen LogP contribution in [0.15, 0.2) is 0 Å². The van der Waals surface area contributed by atoms with Crippen LogP contribution >= 0.6 is 0 Å². The first-order chi connectivity index (χ1) is 5.52. The fourth-order valence-corrected chi connectivity index (χ4v) is 1.56. The molecular weight excluding hydrogens is 158 g/mol. The van der Waals surface area contributed by atoms with E-state index in [1.165, 1.54) is 0 Å². The summed E-state index contributed by atoms with van der Waals surface area (Å²) >= 11 is 0. The lowest BCUT2D eigenvalue weighted by Crippen LogP contribution is -2.53. The van der Waals surface area contributed by atoms with Crippen LogP contribution in [0.25, 0.3) is 0 Å². The molecule has 0 radical (unpaired) electrons. The SMILES string of the molecule is CC1CC(N(C)C)[C@H](O)C(O)O1. The van der Waals surface area contributed by atoms with E-state index < -0.39 is 12.4 Å². The molecule has 3 unspecified atom stereocenters. The number of hydrogen-bond acceptors (Lipinski definition) is 4. The number of rotatable bonds is 1. The van der Waals surface area contributed by atoms with Crippen LogP contribution in [0.4, 0.5) is 0 Å². The topological polar surface area (TPSA) is 52.9 Å². The van der Waals surface area contributed by atoms with Crippen molar-refractivity contribution in [3.8, 4) is 0 Å². The summed E-state index contributed by atoms with van der Waals surface area (Å²) in [6, 6.07) is -0.0104. The van der Waals surface area contributed by atoms with Gasteiger partial charge in [-0.3, -0.25) is 0 Å². The minimum absolute atomic E-state index is 0.01000. The van der Waals surface area contributed by atoms with Crippen LogP contribution in [0.3, 0.4) is 0 Å². The zero-order valence-corrected chi connectivity index (χ0v) is 7.77. The van der Waals surface area contributed by atoms with E-state index in [1.54, 1.807) is 0 Å². The van der Waals surface area contributed by atoms with Gasteiger partial charge in [-0.05, 0) is 27.4 Å². The van der Waals surface area contributed by atoms with Gasteiger partial charge in [-0.2, -0.15) is 0 Å². The summed E-state index contributed by atoms with van der Waals surface area (Å²) < 4.78 is 5.06. The summed E-state index contributed by atoms with van der Waals surface area (Å²) in [4.78, 5) is 1.91. The molecule has 72 valence electrons. The highest BCUT2D eigenvalue weighted by Crippen LogP contribution is 2.21. The first-order valence-electron chi connectivity index (χ1n) is 4.20. The molecule has 1 fully saturated rings. The van der Waals surface area contributed by atoms with E-state index >= 15 is 0 Å². The van der Waals surface area contributed by atoms with Crippen molar-refractivity contribution < 1.29 is 14.9 Å². The number of nitrogens with zero attached hydrogens (tertiary/aromatic N) is 1. The van der Waals surface area contributed by atoms with E-state index in [0.29, 0.717) is 0 Å². The Morgan fingerprint density at radius 1 is 1.33 bits per heavy atom. The second-order valence-electron chi connectivity index (χ2n) is 3.59. The molecule has 1 rings (SSSR count). The largest absolute Gasteiger partial charge is 0.386 e. The van der Waals surface area contributed by atoms with E-state index in [9.17, 15) is 10.2 Å². The molecule has 1 aliphatic rings. The molecule has 0 aromatic carbocycles. The average Bonchev–Trinajstić information content (AvgIpc) is 1.96. The quantitative estimate of drug-likeness (QED) is 0.559. The lowest BCUT2D eigenvalue weighted by atomic mass is 9.99. The van der Waals surface area contributed by atoms with E-state index in [1.807, 2.05) is 25.9 Å². The van der Waals surface area contributed by atoms with Gasteiger partial charge in [-0.25, -0.2) is 0 Å². The Bertz CT molecular complexity index is 151. The molecule has 1 aliphatic heterocycles. The van der Waals surface area contributed by atoms with E-state index in [4.69, 9.17) is 4.74 Å². The van der Waals surface area contributed by atoms with Gasteiger partial charge >= 0.3 is 0 Å². The predicted octanol–water partition coefficient (Wildman–Crippen LogP) is -0.595. The Hall–Kier alpha value is -0.160. The molecule has 0 saturated carbocycles. The number of likely N-dealkylation sites (N-methyl/N-ethyl adjacent to an activating group) is 1. The summed E-state index contributed by atoms with van der Waals surface area (Å²) in [5.41, 5.74) is 0. The van der Waals surface area contributed by atoms with Crippen LogP contribution in [0.2, 0.25) is 0 Å². The van der Waals surface area contributed by atoms with Gasteiger partial charge < -0.3 is 19.8 Å². The number of ether oxygens (including phenoxy) is 1.